The summed E-state index contributed by atoms with van der Waals surface area (Å²) in [7, 11) is 1.68. The van der Waals surface area contributed by atoms with E-state index in [0.29, 0.717) is 0 Å². The first-order valence-electron chi connectivity index (χ1n) is 7.37. The fourth-order valence-corrected chi connectivity index (χ4v) is 2.20. The third kappa shape index (κ3) is 3.86. The predicted molar refractivity (Wildman–Crippen MR) is 87.6 cm³/mol. The fraction of sp³-hybridized carbons (Fsp3) is 0.278. The van der Waals surface area contributed by atoms with Gasteiger partial charge in [0.15, 0.2) is 0 Å². The number of nitrogens with zero attached hydrogens (tertiary/aromatic N) is 1. The molecule has 2 N–H and O–H groups in total. The predicted octanol–water partition coefficient (Wildman–Crippen LogP) is 2.80. The van der Waals surface area contributed by atoms with Gasteiger partial charge in [0, 0.05) is 7.05 Å². The molecular formula is C18H22N2O2. The normalized spacial score (nSPS) is 12.0. The van der Waals surface area contributed by atoms with E-state index in [1.165, 1.54) is 4.90 Å². The summed E-state index contributed by atoms with van der Waals surface area (Å²) in [6.07, 6.45) is 0. The fourth-order valence-electron chi connectivity index (χ4n) is 2.20. The quantitative estimate of drug-likeness (QED) is 0.892. The molecule has 0 fully saturated rings. The van der Waals surface area contributed by atoms with Crippen molar-refractivity contribution in [2.24, 2.45) is 0 Å². The van der Waals surface area contributed by atoms with E-state index in [0.717, 1.165) is 11.1 Å². The molecule has 2 aromatic carbocycles. The minimum absolute atomic E-state index is 0.0642. The van der Waals surface area contributed by atoms with Crippen LogP contribution in [0, 0.1) is 0 Å². The van der Waals surface area contributed by atoms with Crippen molar-refractivity contribution in [1.82, 2.24) is 10.2 Å². The molecule has 116 valence electrons. The zero-order valence-corrected chi connectivity index (χ0v) is 12.9. The second kappa shape index (κ2) is 7.61. The zero-order chi connectivity index (χ0) is 15.9. The molecule has 1 unspecified atom stereocenters. The summed E-state index contributed by atoms with van der Waals surface area (Å²) in [5.41, 5.74) is 2.04. The van der Waals surface area contributed by atoms with E-state index in [4.69, 9.17) is 0 Å². The summed E-state index contributed by atoms with van der Waals surface area (Å²) >= 11 is 0. The van der Waals surface area contributed by atoms with Crippen LogP contribution in [0.5, 0.6) is 0 Å². The van der Waals surface area contributed by atoms with Crippen LogP contribution in [0.2, 0.25) is 0 Å². The molecule has 0 saturated carbocycles. The monoisotopic (exact) mass is 298 g/mol. The van der Waals surface area contributed by atoms with Gasteiger partial charge in [-0.1, -0.05) is 60.7 Å². The highest BCUT2D eigenvalue weighted by Gasteiger charge is 2.21. The summed E-state index contributed by atoms with van der Waals surface area (Å²) in [6.45, 7) is 1.74. The minimum atomic E-state index is -0.229. The van der Waals surface area contributed by atoms with Crippen LogP contribution in [0.1, 0.15) is 24.1 Å². The largest absolute Gasteiger partial charge is 0.394 e. The van der Waals surface area contributed by atoms with Crippen LogP contribution in [0.3, 0.4) is 0 Å². The van der Waals surface area contributed by atoms with Crippen LogP contribution in [0.25, 0.3) is 0 Å². The zero-order valence-electron chi connectivity index (χ0n) is 12.9. The van der Waals surface area contributed by atoms with Gasteiger partial charge in [-0.25, -0.2) is 4.79 Å². The number of nitrogens with one attached hydrogen (secondary N) is 1. The van der Waals surface area contributed by atoms with E-state index in [1.807, 2.05) is 60.7 Å². The first-order chi connectivity index (χ1) is 10.6. The number of aliphatic hydroxyl groups excluding tert-OH is 1. The Bertz CT molecular complexity index is 547. The van der Waals surface area contributed by atoms with Gasteiger partial charge in [0.25, 0.3) is 0 Å². The Morgan fingerprint density at radius 3 is 1.91 bits per heavy atom. The van der Waals surface area contributed by atoms with Crippen LogP contribution in [-0.2, 0) is 0 Å². The molecule has 0 aliphatic carbocycles. The van der Waals surface area contributed by atoms with Gasteiger partial charge in [-0.05, 0) is 18.1 Å². The second-order valence-electron chi connectivity index (χ2n) is 5.35. The van der Waals surface area contributed by atoms with E-state index in [2.05, 4.69) is 5.32 Å². The van der Waals surface area contributed by atoms with E-state index in [9.17, 15) is 9.90 Å². The lowest BCUT2D eigenvalue weighted by molar-refractivity contribution is 0.156. The summed E-state index contributed by atoms with van der Waals surface area (Å²) in [6, 6.07) is 19.0. The van der Waals surface area contributed by atoms with Crippen molar-refractivity contribution in [1.29, 1.82) is 0 Å². The second-order valence-corrected chi connectivity index (χ2v) is 5.35. The van der Waals surface area contributed by atoms with E-state index >= 15 is 0 Å². The van der Waals surface area contributed by atoms with Crippen molar-refractivity contribution in [3.63, 3.8) is 0 Å². The molecule has 22 heavy (non-hydrogen) atoms. The highest BCUT2D eigenvalue weighted by atomic mass is 16.3. The molecule has 0 aliphatic heterocycles. The van der Waals surface area contributed by atoms with Crippen LogP contribution < -0.4 is 5.32 Å². The number of carbonyl (C=O) groups excluding carboxylic acids is 1. The Morgan fingerprint density at radius 2 is 1.50 bits per heavy atom. The van der Waals surface area contributed by atoms with Gasteiger partial charge < -0.3 is 15.3 Å². The van der Waals surface area contributed by atoms with Crippen molar-refractivity contribution in [2.75, 3.05) is 13.7 Å². The van der Waals surface area contributed by atoms with E-state index in [1.54, 1.807) is 14.0 Å². The molecule has 1 atom stereocenters. The average Bonchev–Trinajstić information content (AvgIpc) is 2.59. The molecule has 0 aromatic heterocycles. The van der Waals surface area contributed by atoms with Gasteiger partial charge >= 0.3 is 6.03 Å². The number of amides is 2. The van der Waals surface area contributed by atoms with Gasteiger partial charge in [0.2, 0.25) is 0 Å². The van der Waals surface area contributed by atoms with Gasteiger partial charge in [-0.15, -0.1) is 0 Å². The topological polar surface area (TPSA) is 52.6 Å². The molecule has 2 aromatic rings. The van der Waals surface area contributed by atoms with Crippen LogP contribution >= 0.6 is 0 Å². The molecule has 4 nitrogen and oxygen atoms in total. The molecule has 0 radical (unpaired) electrons. The maximum Gasteiger partial charge on any atom is 0.318 e. The Kier molecular flexibility index (Phi) is 5.55. The average molecular weight is 298 g/mol. The van der Waals surface area contributed by atoms with Crippen molar-refractivity contribution in [3.8, 4) is 0 Å². The number of hydrogen-bond acceptors (Lipinski definition) is 2. The third-order valence-electron chi connectivity index (χ3n) is 3.78. The lowest BCUT2D eigenvalue weighted by Crippen LogP contribution is -2.45. The number of likely N-dealkylation sites (N-methyl/N-ethyl adjacent to an activating group) is 1. The smallest absolute Gasteiger partial charge is 0.318 e. The maximum atomic E-state index is 12.4. The van der Waals surface area contributed by atoms with E-state index < -0.39 is 0 Å². The summed E-state index contributed by atoms with van der Waals surface area (Å²) in [5, 5.41) is 12.2. The summed E-state index contributed by atoms with van der Waals surface area (Å²) in [4.78, 5) is 13.9. The summed E-state index contributed by atoms with van der Waals surface area (Å²) in [5.74, 6) is 0. The lowest BCUT2D eigenvalue weighted by Gasteiger charge is -2.27. The van der Waals surface area contributed by atoms with Crippen molar-refractivity contribution < 1.29 is 9.90 Å². The van der Waals surface area contributed by atoms with Crippen LogP contribution in [0.4, 0.5) is 4.79 Å². The molecule has 4 heteroatoms. The number of aliphatic hydroxyl groups is 1. The highest BCUT2D eigenvalue weighted by molar-refractivity contribution is 5.75. The number of rotatable bonds is 5. The van der Waals surface area contributed by atoms with Gasteiger partial charge in [0.1, 0.15) is 0 Å². The third-order valence-corrected chi connectivity index (χ3v) is 3.78. The Balaban J connectivity index is 2.25. The summed E-state index contributed by atoms with van der Waals surface area (Å²) < 4.78 is 0. The van der Waals surface area contributed by atoms with Crippen molar-refractivity contribution in [2.45, 2.75) is 19.0 Å². The molecule has 0 heterocycles. The Labute approximate surface area is 131 Å². The van der Waals surface area contributed by atoms with Gasteiger partial charge in [-0.2, -0.15) is 0 Å². The number of hydrogen-bond donors (Lipinski definition) is 2. The van der Waals surface area contributed by atoms with Gasteiger partial charge in [-0.3, -0.25) is 0 Å². The van der Waals surface area contributed by atoms with Crippen LogP contribution in [0.15, 0.2) is 60.7 Å². The maximum absolute atomic E-state index is 12.4. The minimum Gasteiger partial charge on any atom is -0.394 e. The Morgan fingerprint density at radius 1 is 1.05 bits per heavy atom. The molecule has 2 rings (SSSR count). The molecule has 2 amide bonds. The molecule has 0 bridgehead atoms. The van der Waals surface area contributed by atoms with Crippen LogP contribution in [-0.4, -0.2) is 35.7 Å². The highest BCUT2D eigenvalue weighted by Crippen LogP contribution is 2.22. The van der Waals surface area contributed by atoms with Gasteiger partial charge in [0.05, 0.1) is 18.7 Å². The SMILES string of the molecule is CC(CO)N(C)C(=O)NC(c1ccccc1)c1ccccc1. The first kappa shape index (κ1) is 16.0. The molecule has 0 aliphatic rings. The number of carbonyl (C=O) groups is 1. The van der Waals surface area contributed by atoms with Crippen molar-refractivity contribution >= 4 is 6.03 Å². The lowest BCUT2D eigenvalue weighted by atomic mass is 9.99. The molecular weight excluding hydrogens is 276 g/mol. The first-order valence-corrected chi connectivity index (χ1v) is 7.37. The number of urea groups is 1. The van der Waals surface area contributed by atoms with E-state index in [-0.39, 0.29) is 24.7 Å². The number of benzene rings is 2. The molecule has 0 saturated heterocycles. The molecule has 0 spiro atoms. The Hall–Kier alpha value is -2.33. The standard InChI is InChI=1S/C18H22N2O2/c1-14(13-21)20(2)18(22)19-17(15-9-5-3-6-10-15)16-11-7-4-8-12-16/h3-12,14,17,21H,13H2,1-2H3,(H,19,22). The van der Waals surface area contributed by atoms with Crippen molar-refractivity contribution in [3.05, 3.63) is 71.8 Å².